The van der Waals surface area contributed by atoms with Crippen LogP contribution in [0.5, 0.6) is 0 Å². The summed E-state index contributed by atoms with van der Waals surface area (Å²) < 4.78 is 25.7. The van der Waals surface area contributed by atoms with E-state index >= 15 is 0 Å². The van der Waals surface area contributed by atoms with Crippen LogP contribution in [0.4, 0.5) is 8.78 Å². The zero-order valence-corrected chi connectivity index (χ0v) is 6.87. The molecule has 1 fully saturated rings. The van der Waals surface area contributed by atoms with E-state index in [1.54, 1.807) is 7.05 Å². The maximum absolute atomic E-state index is 12.8. The number of nitrogens with one attached hydrogen (secondary N) is 1. The van der Waals surface area contributed by atoms with Crippen LogP contribution in [0.3, 0.4) is 0 Å². The van der Waals surface area contributed by atoms with Crippen molar-refractivity contribution in [2.45, 2.75) is 31.6 Å². The summed E-state index contributed by atoms with van der Waals surface area (Å²) in [6.45, 7) is -0.177. The van der Waals surface area contributed by atoms with Gasteiger partial charge >= 0.3 is 0 Å². The average Bonchev–Trinajstić information content (AvgIpc) is 1.79. The highest BCUT2D eigenvalue weighted by Crippen LogP contribution is 2.35. The molecule has 3 heteroatoms. The topological polar surface area (TPSA) is 12.0 Å². The van der Waals surface area contributed by atoms with Crippen LogP contribution in [-0.4, -0.2) is 19.5 Å². The summed E-state index contributed by atoms with van der Waals surface area (Å²) in [5, 5.41) is 2.51. The van der Waals surface area contributed by atoms with Crippen LogP contribution in [-0.2, 0) is 0 Å². The van der Waals surface area contributed by atoms with E-state index in [4.69, 9.17) is 0 Å². The Hall–Kier alpha value is -0.180. The van der Waals surface area contributed by atoms with Crippen LogP contribution in [0.25, 0.3) is 0 Å². The first kappa shape index (κ1) is 8.91. The fourth-order valence-electron chi connectivity index (χ4n) is 1.45. The number of hydrogen-bond donors (Lipinski definition) is 1. The van der Waals surface area contributed by atoms with Gasteiger partial charge in [-0.3, -0.25) is 0 Å². The van der Waals surface area contributed by atoms with Gasteiger partial charge in [0.15, 0.2) is 0 Å². The fourth-order valence-corrected chi connectivity index (χ4v) is 1.45. The van der Waals surface area contributed by atoms with E-state index < -0.39 is 5.92 Å². The molecule has 0 aromatic heterocycles. The third-order valence-corrected chi connectivity index (χ3v) is 2.25. The smallest absolute Gasteiger partial charge is 0.260 e. The summed E-state index contributed by atoms with van der Waals surface area (Å²) in [7, 11) is 1.56. The van der Waals surface area contributed by atoms with E-state index in [0.29, 0.717) is 5.92 Å². The van der Waals surface area contributed by atoms with Crippen LogP contribution in [0.1, 0.15) is 25.7 Å². The minimum absolute atomic E-state index is 0.0772. The molecule has 1 rings (SSSR count). The van der Waals surface area contributed by atoms with Gasteiger partial charge in [-0.2, -0.15) is 0 Å². The Labute approximate surface area is 66.2 Å². The number of halogens is 2. The summed E-state index contributed by atoms with van der Waals surface area (Å²) in [6.07, 6.45) is 3.22. The van der Waals surface area contributed by atoms with E-state index in [1.165, 1.54) is 0 Å². The van der Waals surface area contributed by atoms with E-state index in [1.807, 2.05) is 0 Å². The number of rotatable bonds is 4. The van der Waals surface area contributed by atoms with E-state index in [2.05, 4.69) is 5.32 Å². The predicted molar refractivity (Wildman–Crippen MR) is 40.8 cm³/mol. The van der Waals surface area contributed by atoms with Gasteiger partial charge < -0.3 is 5.32 Å². The molecule has 0 amide bonds. The molecule has 0 heterocycles. The molecule has 0 spiro atoms. The first-order valence-corrected chi connectivity index (χ1v) is 4.16. The molecule has 0 radical (unpaired) electrons. The summed E-state index contributed by atoms with van der Waals surface area (Å²) in [5.41, 5.74) is 0. The van der Waals surface area contributed by atoms with Gasteiger partial charge in [0.25, 0.3) is 5.92 Å². The van der Waals surface area contributed by atoms with Gasteiger partial charge in [0.05, 0.1) is 6.54 Å². The van der Waals surface area contributed by atoms with Gasteiger partial charge in [-0.15, -0.1) is 0 Å². The molecule has 0 bridgehead atoms. The van der Waals surface area contributed by atoms with Crippen molar-refractivity contribution in [1.29, 1.82) is 0 Å². The standard InChI is InChI=1S/C8H15F2N/c1-11-6-8(9,10)5-7-3-2-4-7/h7,11H,2-6H2,1H3. The molecule has 0 saturated heterocycles. The lowest BCUT2D eigenvalue weighted by atomic mass is 9.81. The Morgan fingerprint density at radius 1 is 1.45 bits per heavy atom. The van der Waals surface area contributed by atoms with Gasteiger partial charge in [0.2, 0.25) is 0 Å². The van der Waals surface area contributed by atoms with Crippen molar-refractivity contribution >= 4 is 0 Å². The van der Waals surface area contributed by atoms with Crippen molar-refractivity contribution < 1.29 is 8.78 Å². The largest absolute Gasteiger partial charge is 0.314 e. The molecule has 1 saturated carbocycles. The Morgan fingerprint density at radius 2 is 2.09 bits per heavy atom. The SMILES string of the molecule is CNCC(F)(F)CC1CCC1. The van der Waals surface area contributed by atoms with Gasteiger partial charge in [-0.05, 0) is 13.0 Å². The average molecular weight is 163 g/mol. The van der Waals surface area contributed by atoms with Gasteiger partial charge in [-0.25, -0.2) is 8.78 Å². The molecule has 0 atom stereocenters. The molecule has 0 aromatic rings. The Kier molecular flexibility index (Phi) is 2.82. The third kappa shape index (κ3) is 2.73. The quantitative estimate of drug-likeness (QED) is 0.668. The lowest BCUT2D eigenvalue weighted by Crippen LogP contribution is -2.34. The van der Waals surface area contributed by atoms with E-state index in [9.17, 15) is 8.78 Å². The molecular formula is C8H15F2N. The highest BCUT2D eigenvalue weighted by Gasteiger charge is 2.33. The molecule has 1 aliphatic rings. The van der Waals surface area contributed by atoms with Crippen LogP contribution in [0.15, 0.2) is 0 Å². The Bertz CT molecular complexity index is 121. The minimum Gasteiger partial charge on any atom is -0.314 e. The first-order valence-electron chi connectivity index (χ1n) is 4.16. The second kappa shape index (κ2) is 3.48. The van der Waals surface area contributed by atoms with Crippen LogP contribution in [0, 0.1) is 5.92 Å². The lowest BCUT2D eigenvalue weighted by Gasteiger charge is -2.29. The molecule has 1 N–H and O–H groups in total. The maximum Gasteiger partial charge on any atom is 0.260 e. The Balaban J connectivity index is 2.20. The zero-order chi connectivity index (χ0) is 8.32. The monoisotopic (exact) mass is 163 g/mol. The number of hydrogen-bond acceptors (Lipinski definition) is 1. The molecule has 1 aliphatic carbocycles. The summed E-state index contributed by atoms with van der Waals surface area (Å²) >= 11 is 0. The molecule has 0 aromatic carbocycles. The normalized spacial score (nSPS) is 19.9. The number of alkyl halides is 2. The summed E-state index contributed by atoms with van der Waals surface area (Å²) in [6, 6.07) is 0. The van der Waals surface area contributed by atoms with Gasteiger partial charge in [-0.1, -0.05) is 19.3 Å². The maximum atomic E-state index is 12.8. The van der Waals surface area contributed by atoms with Crippen molar-refractivity contribution in [3.05, 3.63) is 0 Å². The molecule has 1 nitrogen and oxygen atoms in total. The van der Waals surface area contributed by atoms with Crippen molar-refractivity contribution in [2.24, 2.45) is 5.92 Å². The van der Waals surface area contributed by atoms with Crippen LogP contribution >= 0.6 is 0 Å². The van der Waals surface area contributed by atoms with Crippen molar-refractivity contribution in [1.82, 2.24) is 5.32 Å². The highest BCUT2D eigenvalue weighted by atomic mass is 19.3. The minimum atomic E-state index is -2.49. The summed E-state index contributed by atoms with van der Waals surface area (Å²) in [4.78, 5) is 0. The van der Waals surface area contributed by atoms with Gasteiger partial charge in [0.1, 0.15) is 0 Å². The molecule has 0 aliphatic heterocycles. The second-order valence-electron chi connectivity index (χ2n) is 3.39. The molecular weight excluding hydrogens is 148 g/mol. The van der Waals surface area contributed by atoms with Gasteiger partial charge in [0, 0.05) is 6.42 Å². The highest BCUT2D eigenvalue weighted by molar-refractivity contribution is 4.78. The third-order valence-electron chi connectivity index (χ3n) is 2.25. The van der Waals surface area contributed by atoms with Crippen molar-refractivity contribution in [2.75, 3.05) is 13.6 Å². The molecule has 66 valence electrons. The zero-order valence-electron chi connectivity index (χ0n) is 6.87. The first-order chi connectivity index (χ1) is 5.14. The van der Waals surface area contributed by atoms with Crippen molar-refractivity contribution in [3.8, 4) is 0 Å². The Morgan fingerprint density at radius 3 is 2.45 bits per heavy atom. The predicted octanol–water partition coefficient (Wildman–Crippen LogP) is 2.03. The molecule has 11 heavy (non-hydrogen) atoms. The van der Waals surface area contributed by atoms with E-state index in [0.717, 1.165) is 19.3 Å². The lowest BCUT2D eigenvalue weighted by molar-refractivity contribution is -0.0303. The summed E-state index contributed by atoms with van der Waals surface area (Å²) in [5.74, 6) is -2.20. The fraction of sp³-hybridized carbons (Fsp3) is 1.00. The van der Waals surface area contributed by atoms with Crippen LogP contribution < -0.4 is 5.32 Å². The van der Waals surface area contributed by atoms with Crippen LogP contribution in [0.2, 0.25) is 0 Å². The second-order valence-corrected chi connectivity index (χ2v) is 3.39. The van der Waals surface area contributed by atoms with Crippen molar-refractivity contribution in [3.63, 3.8) is 0 Å². The molecule has 0 unspecified atom stereocenters. The van der Waals surface area contributed by atoms with E-state index in [-0.39, 0.29) is 13.0 Å².